The molecule has 3 aromatic rings. The monoisotopic (exact) mass is 348 g/mol. The summed E-state index contributed by atoms with van der Waals surface area (Å²) < 4.78 is 5.29. The van der Waals surface area contributed by atoms with Crippen molar-refractivity contribution in [2.45, 2.75) is 13.5 Å². The molecular weight excluding hydrogens is 335 g/mol. The maximum Gasteiger partial charge on any atom is 0.136 e. The zero-order valence-corrected chi connectivity index (χ0v) is 13.8. The average Bonchev–Trinajstić information content (AvgIpc) is 3.02. The molecule has 1 aromatic carbocycles. The number of furan rings is 1. The number of hydrogen-bond acceptors (Lipinski definition) is 5. The summed E-state index contributed by atoms with van der Waals surface area (Å²) >= 11 is 12.3. The highest BCUT2D eigenvalue weighted by molar-refractivity contribution is 6.39. The van der Waals surface area contributed by atoms with E-state index in [1.165, 1.54) is 0 Å². The molecule has 23 heavy (non-hydrogen) atoms. The minimum Gasteiger partial charge on any atom is -0.467 e. The van der Waals surface area contributed by atoms with E-state index in [2.05, 4.69) is 20.6 Å². The lowest BCUT2D eigenvalue weighted by Crippen LogP contribution is -2.05. The van der Waals surface area contributed by atoms with Gasteiger partial charge in [-0.15, -0.1) is 0 Å². The van der Waals surface area contributed by atoms with Crippen molar-refractivity contribution in [3.05, 3.63) is 64.3 Å². The van der Waals surface area contributed by atoms with E-state index in [0.29, 0.717) is 39.7 Å². The Morgan fingerprint density at radius 3 is 2.48 bits per heavy atom. The topological polar surface area (TPSA) is 63.0 Å². The van der Waals surface area contributed by atoms with Gasteiger partial charge < -0.3 is 15.1 Å². The summed E-state index contributed by atoms with van der Waals surface area (Å²) in [5.74, 6) is 2.74. The van der Waals surface area contributed by atoms with Crippen LogP contribution in [0.3, 0.4) is 0 Å². The molecule has 0 saturated heterocycles. The standard InChI is InChI=1S/C16H14Cl2N4O/c1-10-20-14(19-9-11-4-3-7-23-11)8-15(21-10)22-16-12(17)5-2-6-13(16)18/h2-8H,9H2,1H3,(H2,19,20,21,22). The summed E-state index contributed by atoms with van der Waals surface area (Å²) in [7, 11) is 0. The van der Waals surface area contributed by atoms with Crippen LogP contribution < -0.4 is 10.6 Å². The number of aromatic nitrogens is 2. The smallest absolute Gasteiger partial charge is 0.136 e. The van der Waals surface area contributed by atoms with Gasteiger partial charge in [0.15, 0.2) is 0 Å². The largest absolute Gasteiger partial charge is 0.467 e. The number of aryl methyl sites for hydroxylation is 1. The second-order valence-corrected chi connectivity index (χ2v) is 5.65. The van der Waals surface area contributed by atoms with Crippen molar-refractivity contribution in [3.63, 3.8) is 0 Å². The minimum absolute atomic E-state index is 0.527. The molecule has 7 heteroatoms. The first-order valence-corrected chi connectivity index (χ1v) is 7.70. The number of para-hydroxylation sites is 1. The molecular formula is C16H14Cl2N4O. The van der Waals surface area contributed by atoms with Crippen LogP contribution in [0, 0.1) is 6.92 Å². The Balaban J connectivity index is 1.80. The summed E-state index contributed by atoms with van der Waals surface area (Å²) in [6.07, 6.45) is 1.63. The first-order valence-electron chi connectivity index (χ1n) is 6.95. The summed E-state index contributed by atoms with van der Waals surface area (Å²) in [6.45, 7) is 2.35. The van der Waals surface area contributed by atoms with Gasteiger partial charge in [-0.3, -0.25) is 0 Å². The third-order valence-electron chi connectivity index (χ3n) is 3.08. The normalized spacial score (nSPS) is 10.6. The molecule has 0 unspecified atom stereocenters. The highest BCUT2D eigenvalue weighted by Gasteiger charge is 2.08. The fourth-order valence-corrected chi connectivity index (χ4v) is 2.55. The molecule has 0 fully saturated rings. The van der Waals surface area contributed by atoms with E-state index in [0.717, 1.165) is 5.76 Å². The van der Waals surface area contributed by atoms with Gasteiger partial charge in [-0.25, -0.2) is 9.97 Å². The Morgan fingerprint density at radius 1 is 1.04 bits per heavy atom. The van der Waals surface area contributed by atoms with E-state index in [1.807, 2.05) is 19.1 Å². The van der Waals surface area contributed by atoms with Crippen molar-refractivity contribution in [2.24, 2.45) is 0 Å². The lowest BCUT2D eigenvalue weighted by Gasteiger charge is -2.12. The highest BCUT2D eigenvalue weighted by Crippen LogP contribution is 2.32. The van der Waals surface area contributed by atoms with Crippen LogP contribution in [-0.2, 0) is 6.54 Å². The molecule has 0 radical (unpaired) electrons. The molecule has 0 atom stereocenters. The zero-order chi connectivity index (χ0) is 16.2. The maximum atomic E-state index is 6.17. The molecule has 3 rings (SSSR count). The van der Waals surface area contributed by atoms with Crippen molar-refractivity contribution in [2.75, 3.05) is 10.6 Å². The van der Waals surface area contributed by atoms with Gasteiger partial charge in [-0.2, -0.15) is 0 Å². The third-order valence-corrected chi connectivity index (χ3v) is 3.71. The van der Waals surface area contributed by atoms with Crippen LogP contribution in [-0.4, -0.2) is 9.97 Å². The summed E-state index contributed by atoms with van der Waals surface area (Å²) in [5.41, 5.74) is 0.617. The highest BCUT2D eigenvalue weighted by atomic mass is 35.5. The van der Waals surface area contributed by atoms with E-state index >= 15 is 0 Å². The molecule has 0 spiro atoms. The van der Waals surface area contributed by atoms with E-state index in [1.54, 1.807) is 30.5 Å². The molecule has 118 valence electrons. The first kappa shape index (κ1) is 15.6. The molecule has 0 aliphatic heterocycles. The van der Waals surface area contributed by atoms with Crippen LogP contribution in [0.2, 0.25) is 10.0 Å². The molecule has 0 aliphatic rings. The summed E-state index contributed by atoms with van der Waals surface area (Å²) in [5, 5.41) is 7.38. The molecule has 2 aromatic heterocycles. The lowest BCUT2D eigenvalue weighted by molar-refractivity contribution is 0.518. The van der Waals surface area contributed by atoms with Crippen LogP contribution in [0.15, 0.2) is 47.1 Å². The molecule has 2 heterocycles. The predicted molar refractivity (Wildman–Crippen MR) is 92.5 cm³/mol. The van der Waals surface area contributed by atoms with Crippen molar-refractivity contribution in [1.29, 1.82) is 0 Å². The van der Waals surface area contributed by atoms with Gasteiger partial charge in [0.05, 0.1) is 28.5 Å². The van der Waals surface area contributed by atoms with Gasteiger partial charge in [0.25, 0.3) is 0 Å². The van der Waals surface area contributed by atoms with Crippen molar-refractivity contribution >= 4 is 40.5 Å². The Morgan fingerprint density at radius 2 is 1.78 bits per heavy atom. The number of rotatable bonds is 5. The Kier molecular flexibility index (Phi) is 4.69. The molecule has 0 amide bonds. The summed E-state index contributed by atoms with van der Waals surface area (Å²) in [4.78, 5) is 8.70. The number of nitrogens with one attached hydrogen (secondary N) is 2. The van der Waals surface area contributed by atoms with Crippen LogP contribution in [0.1, 0.15) is 11.6 Å². The van der Waals surface area contributed by atoms with Gasteiger partial charge in [0, 0.05) is 6.07 Å². The number of benzene rings is 1. The minimum atomic E-state index is 0.527. The summed E-state index contributed by atoms with van der Waals surface area (Å²) in [6, 6.07) is 10.8. The van der Waals surface area contributed by atoms with Gasteiger partial charge in [0.1, 0.15) is 23.2 Å². The Bertz CT molecular complexity index is 786. The van der Waals surface area contributed by atoms with E-state index in [4.69, 9.17) is 27.6 Å². The predicted octanol–water partition coefficient (Wildman–Crippen LogP) is 5.04. The Hall–Kier alpha value is -2.24. The van der Waals surface area contributed by atoms with Gasteiger partial charge in [-0.1, -0.05) is 29.3 Å². The number of anilines is 3. The zero-order valence-electron chi connectivity index (χ0n) is 12.3. The fraction of sp³-hybridized carbons (Fsp3) is 0.125. The van der Waals surface area contributed by atoms with Crippen LogP contribution in [0.4, 0.5) is 17.3 Å². The van der Waals surface area contributed by atoms with Crippen molar-refractivity contribution in [1.82, 2.24) is 9.97 Å². The third kappa shape index (κ3) is 3.94. The average molecular weight is 349 g/mol. The second kappa shape index (κ2) is 6.89. The second-order valence-electron chi connectivity index (χ2n) is 4.84. The van der Waals surface area contributed by atoms with Crippen LogP contribution in [0.5, 0.6) is 0 Å². The molecule has 0 aliphatic carbocycles. The van der Waals surface area contributed by atoms with Crippen LogP contribution in [0.25, 0.3) is 0 Å². The quantitative estimate of drug-likeness (QED) is 0.676. The van der Waals surface area contributed by atoms with E-state index < -0.39 is 0 Å². The number of halogens is 2. The molecule has 5 nitrogen and oxygen atoms in total. The van der Waals surface area contributed by atoms with Gasteiger partial charge in [0.2, 0.25) is 0 Å². The van der Waals surface area contributed by atoms with Crippen LogP contribution >= 0.6 is 23.2 Å². The van der Waals surface area contributed by atoms with Gasteiger partial charge in [-0.05, 0) is 31.2 Å². The first-order chi connectivity index (χ1) is 11.1. The van der Waals surface area contributed by atoms with Crippen molar-refractivity contribution < 1.29 is 4.42 Å². The van der Waals surface area contributed by atoms with Gasteiger partial charge >= 0.3 is 0 Å². The van der Waals surface area contributed by atoms with E-state index in [-0.39, 0.29) is 0 Å². The number of hydrogen-bond donors (Lipinski definition) is 2. The molecule has 0 saturated carbocycles. The van der Waals surface area contributed by atoms with E-state index in [9.17, 15) is 0 Å². The Labute approximate surface area is 143 Å². The number of nitrogens with zero attached hydrogens (tertiary/aromatic N) is 2. The van der Waals surface area contributed by atoms with Crippen molar-refractivity contribution in [3.8, 4) is 0 Å². The fourth-order valence-electron chi connectivity index (χ4n) is 2.06. The lowest BCUT2D eigenvalue weighted by atomic mass is 10.3. The SMILES string of the molecule is Cc1nc(NCc2ccco2)cc(Nc2c(Cl)cccc2Cl)n1. The molecule has 2 N–H and O–H groups in total. The maximum absolute atomic E-state index is 6.17. The molecule has 0 bridgehead atoms.